The first-order valence-electron chi connectivity index (χ1n) is 9.63. The van der Waals surface area contributed by atoms with Crippen LogP contribution in [0.25, 0.3) is 0 Å². The van der Waals surface area contributed by atoms with E-state index in [0.29, 0.717) is 12.1 Å². The van der Waals surface area contributed by atoms with Crippen molar-refractivity contribution in [3.8, 4) is 0 Å². The highest BCUT2D eigenvalue weighted by Crippen LogP contribution is 2.29. The number of rotatable bonds is 4. The molecule has 2 heterocycles. The minimum atomic E-state index is 0.230. The van der Waals surface area contributed by atoms with Crippen LogP contribution < -0.4 is 10.6 Å². The molecule has 2 aliphatic rings. The van der Waals surface area contributed by atoms with Gasteiger partial charge < -0.3 is 10.6 Å². The molecule has 1 aromatic carbocycles. The van der Waals surface area contributed by atoms with Gasteiger partial charge in [0.25, 0.3) is 0 Å². The minimum Gasteiger partial charge on any atom is -0.311 e. The minimum absolute atomic E-state index is 0.230. The Kier molecular flexibility index (Phi) is 5.33. The van der Waals surface area contributed by atoms with Crippen LogP contribution in [0.4, 0.5) is 0 Å². The summed E-state index contributed by atoms with van der Waals surface area (Å²) in [6.45, 7) is 12.9. The van der Waals surface area contributed by atoms with Crippen LogP contribution in [0.15, 0.2) is 30.3 Å². The van der Waals surface area contributed by atoms with Gasteiger partial charge in [0.2, 0.25) is 0 Å². The average Bonchev–Trinajstić information content (AvgIpc) is 2.47. The topological polar surface area (TPSA) is 27.3 Å². The Morgan fingerprint density at radius 2 is 1.54 bits per heavy atom. The number of likely N-dealkylation sites (tertiary alicyclic amines) is 1. The Hall–Kier alpha value is -0.900. The van der Waals surface area contributed by atoms with Crippen LogP contribution in [0.5, 0.6) is 0 Å². The van der Waals surface area contributed by atoms with E-state index < -0.39 is 0 Å². The van der Waals surface area contributed by atoms with Gasteiger partial charge in [0.05, 0.1) is 0 Å². The summed E-state index contributed by atoms with van der Waals surface area (Å²) in [4.78, 5) is 2.60. The Balaban J connectivity index is 1.47. The number of hydrogen-bond donors (Lipinski definition) is 2. The fraction of sp³-hybridized carbons (Fsp3) is 0.714. The maximum atomic E-state index is 3.99. The van der Waals surface area contributed by atoms with Crippen molar-refractivity contribution in [2.24, 2.45) is 0 Å². The fourth-order valence-corrected chi connectivity index (χ4v) is 4.87. The van der Waals surface area contributed by atoms with Gasteiger partial charge in [-0.15, -0.1) is 0 Å². The van der Waals surface area contributed by atoms with E-state index in [9.17, 15) is 0 Å². The number of hydrogen-bond acceptors (Lipinski definition) is 3. The molecule has 0 aliphatic carbocycles. The molecule has 134 valence electrons. The normalized spacial score (nSPS) is 25.7. The quantitative estimate of drug-likeness (QED) is 0.884. The van der Waals surface area contributed by atoms with Crippen LogP contribution in [0.2, 0.25) is 0 Å². The van der Waals surface area contributed by atoms with Gasteiger partial charge >= 0.3 is 0 Å². The highest BCUT2D eigenvalue weighted by Gasteiger charge is 2.38. The van der Waals surface area contributed by atoms with Crippen LogP contribution in [0.3, 0.4) is 0 Å². The Bertz CT molecular complexity index is 499. The van der Waals surface area contributed by atoms with Gasteiger partial charge in [0.1, 0.15) is 0 Å². The van der Waals surface area contributed by atoms with Gasteiger partial charge in [0.15, 0.2) is 0 Å². The van der Waals surface area contributed by atoms with Gasteiger partial charge in [-0.25, -0.2) is 0 Å². The van der Waals surface area contributed by atoms with Crippen LogP contribution in [-0.2, 0) is 6.54 Å². The molecule has 0 saturated carbocycles. The van der Waals surface area contributed by atoms with E-state index in [1.807, 2.05) is 0 Å². The van der Waals surface area contributed by atoms with E-state index in [1.54, 1.807) is 0 Å². The third-order valence-corrected chi connectivity index (χ3v) is 5.50. The summed E-state index contributed by atoms with van der Waals surface area (Å²) < 4.78 is 0. The lowest BCUT2D eigenvalue weighted by atomic mass is 9.79. The number of nitrogens with zero attached hydrogens (tertiary/aromatic N) is 1. The molecular weight excluding hydrogens is 294 g/mol. The Morgan fingerprint density at radius 1 is 0.958 bits per heavy atom. The van der Waals surface area contributed by atoms with Crippen molar-refractivity contribution in [3.63, 3.8) is 0 Å². The van der Waals surface area contributed by atoms with Gasteiger partial charge in [-0.3, -0.25) is 4.90 Å². The fourth-order valence-electron chi connectivity index (χ4n) is 4.87. The zero-order chi connectivity index (χ0) is 17.2. The standard InChI is InChI=1S/C21H35N3/c1-20(2)14-19(15-21(3,4)23-20)22-18-10-12-24(13-11-18)16-17-8-6-5-7-9-17/h5-9,18-19,22-23H,10-16H2,1-4H3. The molecule has 3 heteroatoms. The molecule has 1 aromatic rings. The summed E-state index contributed by atoms with van der Waals surface area (Å²) in [6, 6.07) is 12.2. The van der Waals surface area contributed by atoms with Crippen LogP contribution in [0, 0.1) is 0 Å². The Morgan fingerprint density at radius 3 is 2.12 bits per heavy atom. The monoisotopic (exact) mass is 329 g/mol. The van der Waals surface area contributed by atoms with Crippen molar-refractivity contribution in [2.45, 2.75) is 83.1 Å². The van der Waals surface area contributed by atoms with E-state index in [4.69, 9.17) is 0 Å². The smallest absolute Gasteiger partial charge is 0.0233 e. The summed E-state index contributed by atoms with van der Waals surface area (Å²) in [6.07, 6.45) is 5.00. The molecule has 0 spiro atoms. The highest BCUT2D eigenvalue weighted by molar-refractivity contribution is 5.14. The van der Waals surface area contributed by atoms with Crippen molar-refractivity contribution >= 4 is 0 Å². The Labute approximate surface area is 148 Å². The molecular formula is C21H35N3. The number of nitrogens with one attached hydrogen (secondary N) is 2. The van der Waals surface area contributed by atoms with E-state index in [2.05, 4.69) is 73.6 Å². The van der Waals surface area contributed by atoms with Gasteiger partial charge in [0, 0.05) is 29.7 Å². The second-order valence-electron chi connectivity index (χ2n) is 9.20. The van der Waals surface area contributed by atoms with Crippen LogP contribution in [0.1, 0.15) is 58.9 Å². The van der Waals surface area contributed by atoms with Crippen molar-refractivity contribution < 1.29 is 0 Å². The second-order valence-corrected chi connectivity index (χ2v) is 9.20. The van der Waals surface area contributed by atoms with E-state index in [0.717, 1.165) is 6.54 Å². The average molecular weight is 330 g/mol. The van der Waals surface area contributed by atoms with Gasteiger partial charge in [-0.05, 0) is 72.0 Å². The summed E-state index contributed by atoms with van der Waals surface area (Å²) in [5, 5.41) is 7.77. The van der Waals surface area contributed by atoms with Gasteiger partial charge in [-0.2, -0.15) is 0 Å². The molecule has 0 aromatic heterocycles. The molecule has 3 nitrogen and oxygen atoms in total. The molecule has 2 fully saturated rings. The zero-order valence-electron chi connectivity index (χ0n) is 15.9. The summed E-state index contributed by atoms with van der Waals surface area (Å²) >= 11 is 0. The molecule has 0 radical (unpaired) electrons. The predicted octanol–water partition coefficient (Wildman–Crippen LogP) is 3.55. The highest BCUT2D eigenvalue weighted by atomic mass is 15.2. The van der Waals surface area contributed by atoms with Gasteiger partial charge in [-0.1, -0.05) is 30.3 Å². The van der Waals surface area contributed by atoms with Crippen molar-refractivity contribution in [1.82, 2.24) is 15.5 Å². The third-order valence-electron chi connectivity index (χ3n) is 5.50. The van der Waals surface area contributed by atoms with Crippen LogP contribution >= 0.6 is 0 Å². The molecule has 0 unspecified atom stereocenters. The summed E-state index contributed by atoms with van der Waals surface area (Å²) in [5.41, 5.74) is 1.90. The zero-order valence-corrected chi connectivity index (χ0v) is 15.9. The molecule has 0 atom stereocenters. The van der Waals surface area contributed by atoms with Crippen molar-refractivity contribution in [1.29, 1.82) is 0 Å². The lowest BCUT2D eigenvalue weighted by Crippen LogP contribution is -2.63. The second kappa shape index (κ2) is 7.15. The molecule has 2 aliphatic heterocycles. The summed E-state index contributed by atoms with van der Waals surface area (Å²) in [5.74, 6) is 0. The largest absolute Gasteiger partial charge is 0.311 e. The predicted molar refractivity (Wildman–Crippen MR) is 102 cm³/mol. The molecule has 2 saturated heterocycles. The number of benzene rings is 1. The summed E-state index contributed by atoms with van der Waals surface area (Å²) in [7, 11) is 0. The molecule has 24 heavy (non-hydrogen) atoms. The first kappa shape index (κ1) is 17.9. The maximum absolute atomic E-state index is 3.99. The molecule has 0 amide bonds. The first-order chi connectivity index (χ1) is 11.3. The molecule has 2 N–H and O–H groups in total. The van der Waals surface area contributed by atoms with Crippen molar-refractivity contribution in [3.05, 3.63) is 35.9 Å². The maximum Gasteiger partial charge on any atom is 0.0233 e. The lowest BCUT2D eigenvalue weighted by molar-refractivity contribution is 0.122. The molecule has 3 rings (SSSR count). The third kappa shape index (κ3) is 5.05. The lowest BCUT2D eigenvalue weighted by Gasteiger charge is -2.48. The van der Waals surface area contributed by atoms with E-state index in [-0.39, 0.29) is 11.1 Å². The van der Waals surface area contributed by atoms with Crippen LogP contribution in [-0.4, -0.2) is 41.2 Å². The molecule has 0 bridgehead atoms. The first-order valence-corrected chi connectivity index (χ1v) is 9.63. The van der Waals surface area contributed by atoms with E-state index >= 15 is 0 Å². The van der Waals surface area contributed by atoms with Crippen molar-refractivity contribution in [2.75, 3.05) is 13.1 Å². The SMILES string of the molecule is CC1(C)CC(NC2CCN(Cc3ccccc3)CC2)CC(C)(C)N1. The van der Waals surface area contributed by atoms with E-state index in [1.165, 1.54) is 44.3 Å². The number of piperidine rings is 2.